The molecule has 1 heterocycles. The topological polar surface area (TPSA) is 12.9 Å². The fourth-order valence-electron chi connectivity index (χ4n) is 2.53. The number of benzene rings is 1. The average molecular weight is 323 g/mol. The molecule has 2 radical (unpaired) electrons. The molecule has 3 rings (SSSR count). The molecule has 1 aliphatic carbocycles. The molecule has 1 fully saturated rings. The Morgan fingerprint density at radius 2 is 1.82 bits per heavy atom. The maximum atomic E-state index is 4.74. The molecule has 0 unspecified atom stereocenters. The molecular weight excluding hydrogens is 309 g/mol. The van der Waals surface area contributed by atoms with Crippen molar-refractivity contribution in [1.29, 1.82) is 0 Å². The van der Waals surface area contributed by atoms with Crippen molar-refractivity contribution in [3.8, 4) is 0 Å². The Morgan fingerprint density at radius 1 is 1.06 bits per heavy atom. The van der Waals surface area contributed by atoms with Gasteiger partial charge >= 0.3 is 117 Å². The molecule has 1 saturated carbocycles. The zero-order valence-corrected chi connectivity index (χ0v) is 13.3. The van der Waals surface area contributed by atoms with Crippen molar-refractivity contribution in [3.05, 3.63) is 59.4 Å². The number of pyridine rings is 1. The standard InChI is InChI=1S/C15H14N.In/c1-12-6-5-9-14(16-12)15(10-11-15)13-7-3-2-4-8-13;/h2-7,9H,10-11H2,1H3;. The zero-order chi connectivity index (χ0) is 11.9. The van der Waals surface area contributed by atoms with Gasteiger partial charge in [-0.2, -0.15) is 0 Å². The van der Waals surface area contributed by atoms with Gasteiger partial charge in [-0.1, -0.05) is 0 Å². The molecule has 2 heteroatoms. The van der Waals surface area contributed by atoms with Gasteiger partial charge < -0.3 is 0 Å². The molecule has 0 bridgehead atoms. The van der Waals surface area contributed by atoms with E-state index in [0.29, 0.717) is 0 Å². The van der Waals surface area contributed by atoms with Crippen molar-refractivity contribution in [1.82, 2.24) is 4.98 Å². The summed E-state index contributed by atoms with van der Waals surface area (Å²) in [5.41, 5.74) is 4.14. The van der Waals surface area contributed by atoms with Crippen LogP contribution in [-0.4, -0.2) is 29.4 Å². The van der Waals surface area contributed by atoms with Crippen LogP contribution in [0.4, 0.5) is 0 Å². The Kier molecular flexibility index (Phi) is 2.78. The molecule has 1 nitrogen and oxygen atoms in total. The van der Waals surface area contributed by atoms with E-state index in [0.717, 1.165) is 5.69 Å². The third-order valence-electron chi connectivity index (χ3n) is 3.60. The summed E-state index contributed by atoms with van der Waals surface area (Å²) in [4.78, 5) is 4.74. The quantitative estimate of drug-likeness (QED) is 0.826. The second-order valence-corrected chi connectivity index (χ2v) is 6.61. The number of aryl methyl sites for hydroxylation is 1. The fraction of sp³-hybridized carbons (Fsp3) is 0.267. The summed E-state index contributed by atoms with van der Waals surface area (Å²) < 4.78 is 1.51. The third-order valence-corrected chi connectivity index (χ3v) is 5.04. The van der Waals surface area contributed by atoms with Gasteiger partial charge in [-0.3, -0.25) is 0 Å². The van der Waals surface area contributed by atoms with Crippen LogP contribution in [0.5, 0.6) is 0 Å². The van der Waals surface area contributed by atoms with Crippen molar-refractivity contribution >= 4 is 27.7 Å². The zero-order valence-electron chi connectivity index (χ0n) is 9.98. The summed E-state index contributed by atoms with van der Waals surface area (Å²) >= 11 is 1.19. The van der Waals surface area contributed by atoms with E-state index in [1.807, 2.05) is 0 Å². The van der Waals surface area contributed by atoms with Gasteiger partial charge in [0.05, 0.1) is 0 Å². The van der Waals surface area contributed by atoms with Gasteiger partial charge in [0.25, 0.3) is 0 Å². The van der Waals surface area contributed by atoms with Crippen LogP contribution in [0.25, 0.3) is 0 Å². The van der Waals surface area contributed by atoms with Crippen molar-refractivity contribution in [3.63, 3.8) is 0 Å². The van der Waals surface area contributed by atoms with E-state index in [1.54, 1.807) is 0 Å². The normalized spacial score (nSPS) is 16.8. The summed E-state index contributed by atoms with van der Waals surface area (Å²) in [6, 6.07) is 15.2. The summed E-state index contributed by atoms with van der Waals surface area (Å²) in [6.45, 7) is 2.08. The van der Waals surface area contributed by atoms with E-state index in [9.17, 15) is 0 Å². The molecule has 1 aliphatic rings. The summed E-state index contributed by atoms with van der Waals surface area (Å²) in [5, 5.41) is 0. The number of nitrogens with zero attached hydrogens (tertiary/aromatic N) is 1. The van der Waals surface area contributed by atoms with Crippen LogP contribution >= 0.6 is 0 Å². The van der Waals surface area contributed by atoms with Crippen molar-refractivity contribution in [2.45, 2.75) is 25.2 Å². The van der Waals surface area contributed by atoms with Crippen LogP contribution < -0.4 is 3.32 Å². The number of hydrogen-bond donors (Lipinski definition) is 0. The van der Waals surface area contributed by atoms with Crippen LogP contribution in [0.1, 0.15) is 29.8 Å². The molecule has 0 saturated heterocycles. The Hall–Kier alpha value is -0.760. The second kappa shape index (κ2) is 4.16. The number of rotatable bonds is 2. The first-order valence-corrected chi connectivity index (χ1v) is 7.66. The Morgan fingerprint density at radius 3 is 2.47 bits per heavy atom. The van der Waals surface area contributed by atoms with E-state index >= 15 is 0 Å². The Balaban J connectivity index is 2.11. The molecule has 0 N–H and O–H groups in total. The molecule has 82 valence electrons. The summed E-state index contributed by atoms with van der Waals surface area (Å²) in [6.07, 6.45) is 2.50. The molecule has 0 aliphatic heterocycles. The second-order valence-electron chi connectivity index (χ2n) is 4.83. The van der Waals surface area contributed by atoms with E-state index in [4.69, 9.17) is 4.98 Å². The summed E-state index contributed by atoms with van der Waals surface area (Å²) in [7, 11) is 0. The van der Waals surface area contributed by atoms with Crippen LogP contribution in [0.15, 0.2) is 42.5 Å². The molecule has 1 aromatic heterocycles. The van der Waals surface area contributed by atoms with Crippen LogP contribution in [0, 0.1) is 6.92 Å². The van der Waals surface area contributed by atoms with Crippen LogP contribution in [-0.2, 0) is 5.41 Å². The number of aromatic nitrogens is 1. The van der Waals surface area contributed by atoms with Crippen molar-refractivity contribution in [2.75, 3.05) is 0 Å². The SMILES string of the molecule is Cc1cccc(C2(c3cccc[c]3[In])CC2)n1. The Bertz CT molecular complexity index is 558. The van der Waals surface area contributed by atoms with Crippen molar-refractivity contribution < 1.29 is 0 Å². The van der Waals surface area contributed by atoms with Gasteiger partial charge in [0.1, 0.15) is 0 Å². The molecular formula is C15H14InN. The molecule has 17 heavy (non-hydrogen) atoms. The first-order chi connectivity index (χ1) is 8.22. The van der Waals surface area contributed by atoms with Crippen LogP contribution in [0.3, 0.4) is 0 Å². The maximum absolute atomic E-state index is 4.74. The van der Waals surface area contributed by atoms with E-state index in [2.05, 4.69) is 49.4 Å². The van der Waals surface area contributed by atoms with Gasteiger partial charge in [-0.15, -0.1) is 0 Å². The first kappa shape index (κ1) is 11.3. The minimum absolute atomic E-state index is 0.238. The van der Waals surface area contributed by atoms with E-state index in [-0.39, 0.29) is 5.41 Å². The van der Waals surface area contributed by atoms with Gasteiger partial charge in [0.2, 0.25) is 0 Å². The summed E-state index contributed by atoms with van der Waals surface area (Å²) in [5.74, 6) is 0. The average Bonchev–Trinajstić information content (AvgIpc) is 3.11. The monoisotopic (exact) mass is 323 g/mol. The molecule has 0 atom stereocenters. The number of hydrogen-bond acceptors (Lipinski definition) is 1. The fourth-order valence-corrected chi connectivity index (χ4v) is 3.91. The molecule has 1 aromatic carbocycles. The van der Waals surface area contributed by atoms with Gasteiger partial charge in [0.15, 0.2) is 0 Å². The van der Waals surface area contributed by atoms with Gasteiger partial charge in [-0.25, -0.2) is 0 Å². The predicted octanol–water partition coefficient (Wildman–Crippen LogP) is 2.26. The van der Waals surface area contributed by atoms with E-state index in [1.165, 1.54) is 51.8 Å². The van der Waals surface area contributed by atoms with Gasteiger partial charge in [0, 0.05) is 0 Å². The first-order valence-electron chi connectivity index (χ1n) is 6.01. The van der Waals surface area contributed by atoms with Gasteiger partial charge in [-0.05, 0) is 0 Å². The molecule has 2 aromatic rings. The van der Waals surface area contributed by atoms with E-state index < -0.39 is 0 Å². The predicted molar refractivity (Wildman–Crippen MR) is 70.8 cm³/mol. The Labute approximate surface area is 117 Å². The third kappa shape index (κ3) is 1.93. The molecule has 0 amide bonds. The minimum atomic E-state index is 0.238. The van der Waals surface area contributed by atoms with Crippen LogP contribution in [0.2, 0.25) is 0 Å². The van der Waals surface area contributed by atoms with Crippen molar-refractivity contribution in [2.24, 2.45) is 0 Å². The molecule has 0 spiro atoms.